The van der Waals surface area contributed by atoms with E-state index in [9.17, 15) is 0 Å². The molecule has 0 radical (unpaired) electrons. The van der Waals surface area contributed by atoms with Gasteiger partial charge in [0.2, 0.25) is 0 Å². The van der Waals surface area contributed by atoms with Crippen LogP contribution in [0.15, 0.2) is 46.8 Å². The Bertz CT molecular complexity index is 328. The predicted octanol–water partition coefficient (Wildman–Crippen LogP) is -0.372. The molecule has 1 aromatic carbocycles. The quantitative estimate of drug-likeness (QED) is 0.419. The smallest absolute Gasteiger partial charge is 0.349 e. The van der Waals surface area contributed by atoms with Crippen LogP contribution < -0.4 is 25.9 Å². The third kappa shape index (κ3) is 4.88. The Hall–Kier alpha value is -0.970. The van der Waals surface area contributed by atoms with Crippen LogP contribution in [-0.4, -0.2) is 14.2 Å². The van der Waals surface area contributed by atoms with Crippen molar-refractivity contribution in [2.24, 2.45) is 0 Å². The van der Waals surface area contributed by atoms with Gasteiger partial charge >= 0.3 is 21.2 Å². The number of hydrogen-bond donors (Lipinski definition) is 0. The van der Waals surface area contributed by atoms with Crippen molar-refractivity contribution in [1.29, 1.82) is 0 Å². The first kappa shape index (κ1) is 12.1. The summed E-state index contributed by atoms with van der Waals surface area (Å²) in [6, 6.07) is 8.20. The van der Waals surface area contributed by atoms with E-state index in [1.807, 2.05) is 24.3 Å². The summed E-state index contributed by atoms with van der Waals surface area (Å²) < 4.78 is 13.4. The van der Waals surface area contributed by atoms with Crippen molar-refractivity contribution in [2.45, 2.75) is 0 Å². The zero-order valence-corrected chi connectivity index (χ0v) is 11.0. The molecule has 0 saturated carbocycles. The fourth-order valence-electron chi connectivity index (χ4n) is 0.918. The molecule has 0 atom stereocenters. The summed E-state index contributed by atoms with van der Waals surface area (Å²) in [4.78, 5) is 0. The normalized spacial score (nSPS) is 11.1. The lowest BCUT2D eigenvalue weighted by Gasteiger charge is -1.94. The minimum absolute atomic E-state index is 0.0520. The predicted molar refractivity (Wildman–Crippen MR) is 57.0 cm³/mol. The average Bonchev–Trinajstić information content (AvgIpc) is 2.30. The number of rotatable bonds is 5. The molecule has 0 aliphatic carbocycles. The van der Waals surface area contributed by atoms with E-state index in [2.05, 4.69) is 16.2 Å². The lowest BCUT2D eigenvalue weighted by atomic mass is 10.3. The molecule has 1 aromatic rings. The van der Waals surface area contributed by atoms with Crippen molar-refractivity contribution < 1.29 is 30.7 Å². The summed E-state index contributed by atoms with van der Waals surface area (Å²) >= 11 is -0.0520. The van der Waals surface area contributed by atoms with Crippen LogP contribution in [0.2, 0.25) is 0 Å². The maximum atomic E-state index is 5.09. The maximum absolute atomic E-state index is 5.09. The highest BCUT2D eigenvalue weighted by Gasteiger charge is 2.06. The van der Waals surface area contributed by atoms with Gasteiger partial charge in [-0.05, 0) is 36.4 Å². The molecule has 0 aliphatic heterocycles. The lowest BCUT2D eigenvalue weighted by Crippen LogP contribution is -3.59. The van der Waals surface area contributed by atoms with Gasteiger partial charge in [0.1, 0.15) is 5.75 Å². The number of methoxy groups -OCH3 is 2. The minimum atomic E-state index is -0.0520. The summed E-state index contributed by atoms with van der Waals surface area (Å²) in [6.45, 7) is 0. The number of benzene rings is 1. The van der Waals surface area contributed by atoms with Crippen LogP contribution in [0.25, 0.3) is 0 Å². The SMILES string of the molecule is CO/C=C/C=C/[I+]c1ccc(OC)cc1. The summed E-state index contributed by atoms with van der Waals surface area (Å²) in [5.41, 5.74) is 0. The van der Waals surface area contributed by atoms with E-state index in [4.69, 9.17) is 9.47 Å². The number of allylic oxidation sites excluding steroid dienone is 2. The van der Waals surface area contributed by atoms with Gasteiger partial charge in [-0.2, -0.15) is 0 Å². The van der Waals surface area contributed by atoms with Crippen LogP contribution in [0, 0.1) is 3.57 Å². The highest BCUT2D eigenvalue weighted by atomic mass is 127. The van der Waals surface area contributed by atoms with Gasteiger partial charge in [0.25, 0.3) is 0 Å². The Morgan fingerprint density at radius 1 is 1.07 bits per heavy atom. The van der Waals surface area contributed by atoms with Gasteiger partial charge in [0, 0.05) is 0 Å². The van der Waals surface area contributed by atoms with E-state index in [-0.39, 0.29) is 21.2 Å². The van der Waals surface area contributed by atoms with Crippen molar-refractivity contribution in [3.05, 3.63) is 50.3 Å². The lowest BCUT2D eigenvalue weighted by molar-refractivity contribution is -0.556. The first-order chi connectivity index (χ1) is 7.36. The van der Waals surface area contributed by atoms with Crippen molar-refractivity contribution in [3.63, 3.8) is 0 Å². The zero-order valence-electron chi connectivity index (χ0n) is 8.81. The molecule has 0 aliphatic rings. The fourth-order valence-corrected chi connectivity index (χ4v) is 2.56. The Kier molecular flexibility index (Phi) is 5.92. The molecule has 3 heteroatoms. The topological polar surface area (TPSA) is 18.5 Å². The van der Waals surface area contributed by atoms with E-state index in [0.717, 1.165) is 5.75 Å². The molecule has 0 heterocycles. The maximum Gasteiger partial charge on any atom is 0.349 e. The first-order valence-electron chi connectivity index (χ1n) is 4.48. The van der Waals surface area contributed by atoms with Gasteiger partial charge in [0.15, 0.2) is 7.65 Å². The second-order valence-corrected chi connectivity index (χ2v) is 5.24. The Balaban J connectivity index is 2.44. The zero-order chi connectivity index (χ0) is 10.9. The molecule has 2 nitrogen and oxygen atoms in total. The average molecular weight is 317 g/mol. The van der Waals surface area contributed by atoms with E-state index in [0.29, 0.717) is 0 Å². The standard InChI is InChI=1S/C12H14IO2/c1-14-10-4-3-9-13-11-5-7-12(15-2)8-6-11/h3-10H,1-2H3/q+1/b9-3+,10-4+. The third-order valence-electron chi connectivity index (χ3n) is 1.64. The third-order valence-corrected chi connectivity index (χ3v) is 3.85. The van der Waals surface area contributed by atoms with Gasteiger partial charge in [-0.1, -0.05) is 0 Å². The first-order valence-corrected chi connectivity index (χ1v) is 6.81. The molecule has 1 rings (SSSR count). The molecule has 15 heavy (non-hydrogen) atoms. The van der Waals surface area contributed by atoms with Crippen LogP contribution >= 0.6 is 0 Å². The van der Waals surface area contributed by atoms with Crippen LogP contribution in [0.4, 0.5) is 0 Å². The minimum Gasteiger partial charge on any atom is -0.504 e. The van der Waals surface area contributed by atoms with E-state index >= 15 is 0 Å². The van der Waals surface area contributed by atoms with Gasteiger partial charge in [-0.15, -0.1) is 0 Å². The molecule has 0 amide bonds. The highest BCUT2D eigenvalue weighted by molar-refractivity contribution is 5.20. The molecule has 0 unspecified atom stereocenters. The number of hydrogen-bond acceptors (Lipinski definition) is 2. The highest BCUT2D eigenvalue weighted by Crippen LogP contribution is 2.05. The summed E-state index contributed by atoms with van der Waals surface area (Å²) in [5.74, 6) is 0.908. The van der Waals surface area contributed by atoms with E-state index in [1.165, 1.54) is 3.57 Å². The molecular formula is C12H14IO2+. The molecule has 0 saturated heterocycles. The van der Waals surface area contributed by atoms with Gasteiger partial charge in [-0.25, -0.2) is 0 Å². The monoisotopic (exact) mass is 317 g/mol. The Labute approximate surface area is 101 Å². The second-order valence-electron chi connectivity index (χ2n) is 2.65. The van der Waals surface area contributed by atoms with Crippen LogP contribution in [0.1, 0.15) is 0 Å². The van der Waals surface area contributed by atoms with Gasteiger partial charge in [0.05, 0.1) is 20.5 Å². The van der Waals surface area contributed by atoms with Crippen LogP contribution in [0.3, 0.4) is 0 Å². The van der Waals surface area contributed by atoms with Crippen LogP contribution in [0.5, 0.6) is 5.75 Å². The second kappa shape index (κ2) is 7.34. The van der Waals surface area contributed by atoms with Crippen molar-refractivity contribution in [1.82, 2.24) is 0 Å². The molecule has 0 aromatic heterocycles. The van der Waals surface area contributed by atoms with Gasteiger partial charge < -0.3 is 9.47 Å². The molecule has 0 spiro atoms. The molecule has 0 bridgehead atoms. The Morgan fingerprint density at radius 2 is 1.80 bits per heavy atom. The molecular weight excluding hydrogens is 303 g/mol. The van der Waals surface area contributed by atoms with Crippen LogP contribution in [-0.2, 0) is 4.74 Å². The molecule has 0 fully saturated rings. The number of ether oxygens (including phenoxy) is 2. The summed E-state index contributed by atoms with van der Waals surface area (Å²) in [6.07, 6.45) is 5.57. The fraction of sp³-hybridized carbons (Fsp3) is 0.167. The number of halogens is 1. The van der Waals surface area contributed by atoms with Crippen molar-refractivity contribution in [2.75, 3.05) is 14.2 Å². The largest absolute Gasteiger partial charge is 0.504 e. The van der Waals surface area contributed by atoms with Gasteiger partial charge in [-0.3, -0.25) is 0 Å². The van der Waals surface area contributed by atoms with Crippen molar-refractivity contribution >= 4 is 0 Å². The molecule has 0 N–H and O–H groups in total. The van der Waals surface area contributed by atoms with E-state index in [1.54, 1.807) is 20.5 Å². The van der Waals surface area contributed by atoms with E-state index < -0.39 is 0 Å². The molecule has 80 valence electrons. The Morgan fingerprint density at radius 3 is 2.40 bits per heavy atom. The summed E-state index contributed by atoms with van der Waals surface area (Å²) in [5, 5.41) is 0. The summed E-state index contributed by atoms with van der Waals surface area (Å²) in [7, 11) is 3.32. The van der Waals surface area contributed by atoms with Crippen molar-refractivity contribution in [3.8, 4) is 5.75 Å².